The average Bonchev–Trinajstić information content (AvgIpc) is 2.44. The SMILES string of the molecule is CC(C)N(Cc1ccc(Cl)c(F)c1)Cc1ccccc1N. The molecule has 2 aromatic carbocycles. The molecule has 0 aliphatic rings. The normalized spacial score (nSPS) is 11.3. The number of para-hydroxylation sites is 1. The van der Waals surface area contributed by atoms with Gasteiger partial charge < -0.3 is 5.73 Å². The molecule has 0 heterocycles. The summed E-state index contributed by atoms with van der Waals surface area (Å²) in [7, 11) is 0. The molecule has 0 atom stereocenters. The zero-order chi connectivity index (χ0) is 15.4. The predicted molar refractivity (Wildman–Crippen MR) is 86.6 cm³/mol. The van der Waals surface area contributed by atoms with Crippen LogP contribution in [0.25, 0.3) is 0 Å². The van der Waals surface area contributed by atoms with Gasteiger partial charge in [-0.15, -0.1) is 0 Å². The van der Waals surface area contributed by atoms with Gasteiger partial charge in [0.15, 0.2) is 0 Å². The minimum atomic E-state index is -0.378. The fraction of sp³-hybridized carbons (Fsp3) is 0.294. The maximum atomic E-state index is 13.6. The number of hydrogen-bond donors (Lipinski definition) is 1. The van der Waals surface area contributed by atoms with Crippen LogP contribution in [-0.4, -0.2) is 10.9 Å². The maximum absolute atomic E-state index is 13.6. The molecule has 2 rings (SSSR count). The van der Waals surface area contributed by atoms with Crippen LogP contribution < -0.4 is 5.73 Å². The predicted octanol–water partition coefficient (Wildman–Crippen LogP) is 4.47. The van der Waals surface area contributed by atoms with E-state index in [1.165, 1.54) is 6.07 Å². The molecule has 0 bridgehead atoms. The molecule has 0 aliphatic heterocycles. The third kappa shape index (κ3) is 4.19. The van der Waals surface area contributed by atoms with Crippen molar-refractivity contribution >= 4 is 17.3 Å². The number of nitrogens with zero attached hydrogens (tertiary/aromatic N) is 1. The Kier molecular flexibility index (Phi) is 5.21. The first kappa shape index (κ1) is 15.8. The van der Waals surface area contributed by atoms with Gasteiger partial charge in [0.25, 0.3) is 0 Å². The van der Waals surface area contributed by atoms with Crippen molar-refractivity contribution in [2.24, 2.45) is 0 Å². The van der Waals surface area contributed by atoms with Crippen molar-refractivity contribution in [2.75, 3.05) is 5.73 Å². The number of anilines is 1. The molecule has 2 N–H and O–H groups in total. The van der Waals surface area contributed by atoms with Gasteiger partial charge in [0, 0.05) is 24.8 Å². The second-order valence-electron chi connectivity index (χ2n) is 5.45. The largest absolute Gasteiger partial charge is 0.398 e. The first-order valence-corrected chi connectivity index (χ1v) is 7.36. The lowest BCUT2D eigenvalue weighted by molar-refractivity contribution is 0.204. The van der Waals surface area contributed by atoms with E-state index >= 15 is 0 Å². The van der Waals surface area contributed by atoms with E-state index in [0.29, 0.717) is 12.6 Å². The van der Waals surface area contributed by atoms with E-state index in [0.717, 1.165) is 23.4 Å². The van der Waals surface area contributed by atoms with Crippen molar-refractivity contribution < 1.29 is 4.39 Å². The van der Waals surface area contributed by atoms with Gasteiger partial charge in [-0.2, -0.15) is 0 Å². The molecule has 2 nitrogen and oxygen atoms in total. The van der Waals surface area contributed by atoms with Gasteiger partial charge in [-0.1, -0.05) is 35.9 Å². The minimum Gasteiger partial charge on any atom is -0.398 e. The number of nitrogens with two attached hydrogens (primary N) is 1. The lowest BCUT2D eigenvalue weighted by Gasteiger charge is -2.27. The van der Waals surface area contributed by atoms with Crippen LogP contribution in [0.15, 0.2) is 42.5 Å². The van der Waals surface area contributed by atoms with E-state index in [1.54, 1.807) is 6.07 Å². The van der Waals surface area contributed by atoms with E-state index in [4.69, 9.17) is 17.3 Å². The van der Waals surface area contributed by atoms with Gasteiger partial charge in [-0.25, -0.2) is 4.39 Å². The summed E-state index contributed by atoms with van der Waals surface area (Å²) in [6, 6.07) is 13.1. The fourth-order valence-electron chi connectivity index (χ4n) is 2.19. The standard InChI is InChI=1S/C17H20ClFN2/c1-12(2)21(11-14-5-3-4-6-17(14)20)10-13-7-8-15(18)16(19)9-13/h3-9,12H,10-11,20H2,1-2H3. The summed E-state index contributed by atoms with van der Waals surface area (Å²) in [6.07, 6.45) is 0. The second kappa shape index (κ2) is 6.92. The summed E-state index contributed by atoms with van der Waals surface area (Å²) < 4.78 is 13.6. The van der Waals surface area contributed by atoms with E-state index in [9.17, 15) is 4.39 Å². The molecule has 2 aromatic rings. The first-order chi connectivity index (χ1) is 9.97. The Morgan fingerprint density at radius 1 is 1.14 bits per heavy atom. The van der Waals surface area contributed by atoms with E-state index < -0.39 is 0 Å². The molecule has 0 aliphatic carbocycles. The van der Waals surface area contributed by atoms with Crippen LogP contribution >= 0.6 is 11.6 Å². The Labute approximate surface area is 130 Å². The smallest absolute Gasteiger partial charge is 0.142 e. The van der Waals surface area contributed by atoms with Crippen LogP contribution in [0.2, 0.25) is 5.02 Å². The molecule has 0 unspecified atom stereocenters. The number of rotatable bonds is 5. The zero-order valence-electron chi connectivity index (χ0n) is 12.3. The first-order valence-electron chi connectivity index (χ1n) is 6.98. The van der Waals surface area contributed by atoms with Crippen LogP contribution in [-0.2, 0) is 13.1 Å². The van der Waals surface area contributed by atoms with Crippen molar-refractivity contribution in [1.82, 2.24) is 4.90 Å². The molecule has 0 saturated heterocycles. The highest BCUT2D eigenvalue weighted by molar-refractivity contribution is 6.30. The van der Waals surface area contributed by atoms with Crippen molar-refractivity contribution in [3.8, 4) is 0 Å². The summed E-state index contributed by atoms with van der Waals surface area (Å²) in [5.74, 6) is -0.378. The number of benzene rings is 2. The monoisotopic (exact) mass is 306 g/mol. The van der Waals surface area contributed by atoms with Gasteiger partial charge in [0.1, 0.15) is 5.82 Å². The zero-order valence-corrected chi connectivity index (χ0v) is 13.1. The van der Waals surface area contributed by atoms with Crippen LogP contribution in [0.3, 0.4) is 0 Å². The van der Waals surface area contributed by atoms with Crippen LogP contribution in [0, 0.1) is 5.82 Å². The summed E-state index contributed by atoms with van der Waals surface area (Å²) >= 11 is 5.73. The third-order valence-electron chi connectivity index (χ3n) is 3.53. The quantitative estimate of drug-likeness (QED) is 0.826. The van der Waals surface area contributed by atoms with Gasteiger partial charge in [-0.3, -0.25) is 4.90 Å². The molecule has 112 valence electrons. The Hall–Kier alpha value is -1.58. The number of nitrogen functional groups attached to an aromatic ring is 1. The summed E-state index contributed by atoms with van der Waals surface area (Å²) in [6.45, 7) is 5.62. The summed E-state index contributed by atoms with van der Waals surface area (Å²) in [4.78, 5) is 2.24. The minimum absolute atomic E-state index is 0.155. The molecule has 0 amide bonds. The van der Waals surface area contributed by atoms with Crippen molar-refractivity contribution in [1.29, 1.82) is 0 Å². The topological polar surface area (TPSA) is 29.3 Å². The third-order valence-corrected chi connectivity index (χ3v) is 3.84. The van der Waals surface area contributed by atoms with Gasteiger partial charge in [0.2, 0.25) is 0 Å². The van der Waals surface area contributed by atoms with Crippen LogP contribution in [0.5, 0.6) is 0 Å². The molecular weight excluding hydrogens is 287 g/mol. The fourth-order valence-corrected chi connectivity index (χ4v) is 2.31. The highest BCUT2D eigenvalue weighted by Crippen LogP contribution is 2.20. The second-order valence-corrected chi connectivity index (χ2v) is 5.85. The summed E-state index contributed by atoms with van der Waals surface area (Å²) in [5, 5.41) is 0.155. The van der Waals surface area contributed by atoms with E-state index in [-0.39, 0.29) is 10.8 Å². The summed E-state index contributed by atoms with van der Waals surface area (Å²) in [5.41, 5.74) is 8.77. The molecule has 0 saturated carbocycles. The Morgan fingerprint density at radius 2 is 1.86 bits per heavy atom. The van der Waals surface area contributed by atoms with Crippen molar-refractivity contribution in [2.45, 2.75) is 33.0 Å². The number of halogens is 2. The Balaban J connectivity index is 2.16. The van der Waals surface area contributed by atoms with Crippen molar-refractivity contribution in [3.05, 3.63) is 64.4 Å². The van der Waals surface area contributed by atoms with Gasteiger partial charge >= 0.3 is 0 Å². The molecule has 0 aromatic heterocycles. The van der Waals surface area contributed by atoms with Gasteiger partial charge in [-0.05, 0) is 43.2 Å². The van der Waals surface area contributed by atoms with Crippen LogP contribution in [0.1, 0.15) is 25.0 Å². The van der Waals surface area contributed by atoms with Crippen LogP contribution in [0.4, 0.5) is 10.1 Å². The van der Waals surface area contributed by atoms with Gasteiger partial charge in [0.05, 0.1) is 5.02 Å². The highest BCUT2D eigenvalue weighted by atomic mass is 35.5. The lowest BCUT2D eigenvalue weighted by Crippen LogP contribution is -2.30. The highest BCUT2D eigenvalue weighted by Gasteiger charge is 2.13. The van der Waals surface area contributed by atoms with E-state index in [1.807, 2.05) is 30.3 Å². The molecule has 4 heteroatoms. The number of hydrogen-bond acceptors (Lipinski definition) is 2. The maximum Gasteiger partial charge on any atom is 0.142 e. The molecular formula is C17H20ClFN2. The van der Waals surface area contributed by atoms with Crippen molar-refractivity contribution in [3.63, 3.8) is 0 Å². The average molecular weight is 307 g/mol. The Morgan fingerprint density at radius 3 is 2.48 bits per heavy atom. The Bertz CT molecular complexity index is 613. The molecule has 21 heavy (non-hydrogen) atoms. The molecule has 0 spiro atoms. The molecule has 0 fully saturated rings. The van der Waals surface area contributed by atoms with E-state index in [2.05, 4.69) is 18.7 Å². The lowest BCUT2D eigenvalue weighted by atomic mass is 10.1. The molecule has 0 radical (unpaired) electrons.